The van der Waals surface area contributed by atoms with E-state index in [0.717, 1.165) is 11.1 Å². The highest BCUT2D eigenvalue weighted by Crippen LogP contribution is 2.23. The van der Waals surface area contributed by atoms with Crippen LogP contribution in [0.4, 0.5) is 5.82 Å². The molecule has 7 nitrogen and oxygen atoms in total. The maximum atomic E-state index is 12.9. The molecule has 2 N–H and O–H groups in total. The van der Waals surface area contributed by atoms with Gasteiger partial charge in [-0.2, -0.15) is 0 Å². The van der Waals surface area contributed by atoms with Gasteiger partial charge in [0.05, 0.1) is 11.7 Å². The van der Waals surface area contributed by atoms with Gasteiger partial charge in [-0.05, 0) is 36.2 Å². The molecule has 3 heterocycles. The van der Waals surface area contributed by atoms with Gasteiger partial charge in [-0.15, -0.1) is 0 Å². The predicted octanol–water partition coefficient (Wildman–Crippen LogP) is 3.69. The van der Waals surface area contributed by atoms with Gasteiger partial charge in [-0.1, -0.05) is 30.3 Å². The standard InChI is InChI=1S/C24H22N6O/c1-25-22-15-21(28-23(30-22)19-8-5-11-27-16-19)20(14-17-6-3-2-4-7-17)29-24(31)18-9-12-26-13-10-18/h2-13,15-16,20H,14H2,1H3,(H,29,31)(H,25,28,30). The third-order valence-electron chi connectivity index (χ3n) is 4.81. The molecular formula is C24H22N6O. The van der Waals surface area contributed by atoms with E-state index in [1.165, 1.54) is 0 Å². The zero-order valence-electron chi connectivity index (χ0n) is 17.1. The Balaban J connectivity index is 1.72. The molecule has 4 aromatic rings. The van der Waals surface area contributed by atoms with Gasteiger partial charge in [0.15, 0.2) is 5.82 Å². The van der Waals surface area contributed by atoms with Gasteiger partial charge in [0.1, 0.15) is 5.82 Å². The van der Waals surface area contributed by atoms with E-state index in [9.17, 15) is 4.79 Å². The van der Waals surface area contributed by atoms with Crippen LogP contribution in [-0.2, 0) is 6.42 Å². The minimum absolute atomic E-state index is 0.184. The topological polar surface area (TPSA) is 92.7 Å². The minimum Gasteiger partial charge on any atom is -0.373 e. The van der Waals surface area contributed by atoms with Crippen molar-refractivity contribution in [2.24, 2.45) is 0 Å². The molecule has 0 spiro atoms. The molecule has 0 saturated heterocycles. The molecule has 1 amide bonds. The lowest BCUT2D eigenvalue weighted by Gasteiger charge is -2.20. The van der Waals surface area contributed by atoms with Crippen molar-refractivity contribution in [3.8, 4) is 11.4 Å². The Morgan fingerprint density at radius 1 is 0.935 bits per heavy atom. The molecule has 0 aliphatic rings. The summed E-state index contributed by atoms with van der Waals surface area (Å²) in [4.78, 5) is 30.4. The summed E-state index contributed by atoms with van der Waals surface area (Å²) in [5.41, 5.74) is 3.16. The van der Waals surface area contributed by atoms with Crippen LogP contribution < -0.4 is 10.6 Å². The first-order valence-corrected chi connectivity index (χ1v) is 9.95. The molecule has 0 aliphatic heterocycles. The van der Waals surface area contributed by atoms with Gasteiger partial charge in [0, 0.05) is 49.0 Å². The number of amides is 1. The Morgan fingerprint density at radius 3 is 2.45 bits per heavy atom. The van der Waals surface area contributed by atoms with E-state index in [0.29, 0.717) is 29.3 Å². The number of carbonyl (C=O) groups excluding carboxylic acids is 1. The van der Waals surface area contributed by atoms with Crippen LogP contribution in [0.3, 0.4) is 0 Å². The molecule has 3 aromatic heterocycles. The third kappa shape index (κ3) is 5.08. The summed E-state index contributed by atoms with van der Waals surface area (Å²) in [6.45, 7) is 0. The lowest BCUT2D eigenvalue weighted by atomic mass is 10.0. The molecule has 0 bridgehead atoms. The van der Waals surface area contributed by atoms with Gasteiger partial charge >= 0.3 is 0 Å². The molecule has 0 saturated carbocycles. The van der Waals surface area contributed by atoms with E-state index in [1.807, 2.05) is 48.5 Å². The summed E-state index contributed by atoms with van der Waals surface area (Å²) in [5, 5.41) is 6.22. The number of benzene rings is 1. The highest BCUT2D eigenvalue weighted by molar-refractivity contribution is 5.94. The van der Waals surface area contributed by atoms with Crippen molar-refractivity contribution in [2.75, 3.05) is 12.4 Å². The van der Waals surface area contributed by atoms with Crippen molar-refractivity contribution in [1.29, 1.82) is 0 Å². The van der Waals surface area contributed by atoms with Gasteiger partial charge in [0.25, 0.3) is 5.91 Å². The van der Waals surface area contributed by atoms with Crippen LogP contribution in [0.1, 0.15) is 27.7 Å². The number of hydrogen-bond acceptors (Lipinski definition) is 6. The van der Waals surface area contributed by atoms with Crippen molar-refractivity contribution < 1.29 is 4.79 Å². The van der Waals surface area contributed by atoms with Gasteiger partial charge in [-0.3, -0.25) is 14.8 Å². The largest absolute Gasteiger partial charge is 0.373 e. The highest BCUT2D eigenvalue weighted by Gasteiger charge is 2.20. The minimum atomic E-state index is -0.353. The Morgan fingerprint density at radius 2 is 1.74 bits per heavy atom. The van der Waals surface area contributed by atoms with Crippen molar-refractivity contribution in [3.05, 3.63) is 102 Å². The molecule has 154 valence electrons. The zero-order chi connectivity index (χ0) is 21.5. The number of hydrogen-bond donors (Lipinski definition) is 2. The first-order valence-electron chi connectivity index (χ1n) is 9.95. The molecule has 1 aromatic carbocycles. The molecule has 0 fully saturated rings. The monoisotopic (exact) mass is 410 g/mol. The number of anilines is 1. The molecule has 1 atom stereocenters. The van der Waals surface area contributed by atoms with Crippen molar-refractivity contribution in [2.45, 2.75) is 12.5 Å². The molecule has 31 heavy (non-hydrogen) atoms. The number of nitrogens with one attached hydrogen (secondary N) is 2. The van der Waals surface area contributed by atoms with Crippen LogP contribution >= 0.6 is 0 Å². The molecular weight excluding hydrogens is 388 g/mol. The highest BCUT2D eigenvalue weighted by atomic mass is 16.1. The number of rotatable bonds is 7. The smallest absolute Gasteiger partial charge is 0.251 e. The summed E-state index contributed by atoms with van der Waals surface area (Å²) < 4.78 is 0. The summed E-state index contributed by atoms with van der Waals surface area (Å²) in [6.07, 6.45) is 7.22. The molecule has 7 heteroatoms. The van der Waals surface area contributed by atoms with Crippen molar-refractivity contribution >= 4 is 11.7 Å². The maximum absolute atomic E-state index is 12.9. The van der Waals surface area contributed by atoms with Crippen LogP contribution in [-0.4, -0.2) is 32.9 Å². The van der Waals surface area contributed by atoms with E-state index in [1.54, 1.807) is 44.0 Å². The maximum Gasteiger partial charge on any atom is 0.251 e. The second-order valence-electron chi connectivity index (χ2n) is 6.95. The summed E-state index contributed by atoms with van der Waals surface area (Å²) in [7, 11) is 1.81. The van der Waals surface area contributed by atoms with E-state index in [-0.39, 0.29) is 11.9 Å². The number of pyridine rings is 2. The first kappa shape index (κ1) is 20.2. The lowest BCUT2D eigenvalue weighted by Crippen LogP contribution is -2.31. The summed E-state index contributed by atoms with van der Waals surface area (Å²) in [6, 6.07) is 18.6. The second-order valence-corrected chi connectivity index (χ2v) is 6.95. The summed E-state index contributed by atoms with van der Waals surface area (Å²) in [5.74, 6) is 1.03. The Hall–Kier alpha value is -4.13. The number of nitrogens with zero attached hydrogens (tertiary/aromatic N) is 4. The first-order chi connectivity index (χ1) is 15.2. The van der Waals surface area contributed by atoms with Crippen molar-refractivity contribution in [1.82, 2.24) is 25.3 Å². The average Bonchev–Trinajstić information content (AvgIpc) is 2.85. The van der Waals surface area contributed by atoms with E-state index in [4.69, 9.17) is 4.98 Å². The lowest BCUT2D eigenvalue weighted by molar-refractivity contribution is 0.0935. The van der Waals surface area contributed by atoms with E-state index >= 15 is 0 Å². The quantitative estimate of drug-likeness (QED) is 0.483. The Labute approximate surface area is 180 Å². The molecule has 4 rings (SSSR count). The van der Waals surface area contributed by atoms with Crippen LogP contribution in [0.2, 0.25) is 0 Å². The van der Waals surface area contributed by atoms with Crippen LogP contribution in [0, 0.1) is 0 Å². The zero-order valence-corrected chi connectivity index (χ0v) is 17.1. The fourth-order valence-electron chi connectivity index (χ4n) is 3.22. The third-order valence-corrected chi connectivity index (χ3v) is 4.81. The van der Waals surface area contributed by atoms with Crippen LogP contribution in [0.25, 0.3) is 11.4 Å². The molecule has 1 unspecified atom stereocenters. The Bertz CT molecular complexity index is 1140. The van der Waals surface area contributed by atoms with E-state index in [2.05, 4.69) is 25.6 Å². The summed E-state index contributed by atoms with van der Waals surface area (Å²) >= 11 is 0. The predicted molar refractivity (Wildman–Crippen MR) is 119 cm³/mol. The number of carbonyl (C=O) groups is 1. The van der Waals surface area contributed by atoms with Crippen LogP contribution in [0.15, 0.2) is 85.5 Å². The molecule has 0 aliphatic carbocycles. The second kappa shape index (κ2) is 9.58. The Kier molecular flexibility index (Phi) is 6.23. The average molecular weight is 410 g/mol. The van der Waals surface area contributed by atoms with Gasteiger partial charge in [0.2, 0.25) is 0 Å². The van der Waals surface area contributed by atoms with E-state index < -0.39 is 0 Å². The normalized spacial score (nSPS) is 11.5. The fraction of sp³-hybridized carbons (Fsp3) is 0.125. The van der Waals surface area contributed by atoms with Gasteiger partial charge in [-0.25, -0.2) is 9.97 Å². The molecule has 0 radical (unpaired) electrons. The van der Waals surface area contributed by atoms with Crippen molar-refractivity contribution in [3.63, 3.8) is 0 Å². The van der Waals surface area contributed by atoms with Gasteiger partial charge < -0.3 is 10.6 Å². The number of aromatic nitrogens is 4. The van der Waals surface area contributed by atoms with Crippen LogP contribution in [0.5, 0.6) is 0 Å². The fourth-order valence-corrected chi connectivity index (χ4v) is 3.22. The SMILES string of the molecule is CNc1cc(C(Cc2ccccc2)NC(=O)c2ccncc2)nc(-c2cccnc2)n1.